The summed E-state index contributed by atoms with van der Waals surface area (Å²) in [6.07, 6.45) is 0. The molecule has 0 aliphatic carbocycles. The number of nitrogens with zero attached hydrogens (tertiary/aromatic N) is 2. The zero-order chi connectivity index (χ0) is 67.6. The van der Waals surface area contributed by atoms with Gasteiger partial charge in [-0.15, -0.1) is 0 Å². The lowest BCUT2D eigenvalue weighted by Gasteiger charge is -2.26. The summed E-state index contributed by atoms with van der Waals surface area (Å²) in [7, 11) is 0. The smallest absolute Gasteiger partial charge is 0.143 e. The van der Waals surface area contributed by atoms with Gasteiger partial charge in [-0.1, -0.05) is 237 Å². The first kappa shape index (κ1) is 58.1. The maximum Gasteiger partial charge on any atom is 0.143 e. The van der Waals surface area contributed by atoms with Gasteiger partial charge in [-0.3, -0.25) is 0 Å². The molecule has 7 heteroatoms. The maximum absolute atomic E-state index is 7.06. The molecule has 21 aromatic rings. The van der Waals surface area contributed by atoms with E-state index in [1.54, 1.807) is 0 Å². The average Bonchev–Trinajstić information content (AvgIpc) is 1.61. The molecule has 0 spiro atoms. The van der Waals surface area contributed by atoms with Gasteiger partial charge in [0, 0.05) is 116 Å². The van der Waals surface area contributed by atoms with Crippen molar-refractivity contribution in [1.29, 1.82) is 0 Å². The number of rotatable bonds is 12. The van der Waals surface area contributed by atoms with Crippen LogP contribution in [0.4, 0.5) is 34.1 Å². The van der Waals surface area contributed by atoms with Gasteiger partial charge in [0.25, 0.3) is 0 Å². The van der Waals surface area contributed by atoms with Crippen LogP contribution < -0.4 is 9.80 Å². The molecule has 16 aromatic carbocycles. The molecule has 103 heavy (non-hydrogen) atoms. The Morgan fingerprint density at radius 1 is 0.155 bits per heavy atom. The van der Waals surface area contributed by atoms with Crippen molar-refractivity contribution >= 4 is 144 Å². The predicted octanol–water partition coefficient (Wildman–Crippen LogP) is 28.1. The molecule has 0 unspecified atom stereocenters. The minimum Gasteiger partial charge on any atom is -0.455 e. The monoisotopic (exact) mass is 1320 g/mol. The summed E-state index contributed by atoms with van der Waals surface area (Å²) in [5, 5.41) is 10.9. The normalized spacial score (nSPS) is 11.9. The minimum atomic E-state index is 0.810. The van der Waals surface area contributed by atoms with E-state index in [0.717, 1.165) is 211 Å². The van der Waals surface area contributed by atoms with Gasteiger partial charge in [0.05, 0.1) is 0 Å². The van der Waals surface area contributed by atoms with Crippen molar-refractivity contribution < 1.29 is 22.1 Å². The van der Waals surface area contributed by atoms with Gasteiger partial charge in [-0.2, -0.15) is 0 Å². The number of fused-ring (bicyclic) bond motifs is 15. The molecule has 0 radical (unpaired) electrons. The molecule has 5 heterocycles. The van der Waals surface area contributed by atoms with Crippen LogP contribution in [-0.4, -0.2) is 0 Å². The highest BCUT2D eigenvalue weighted by molar-refractivity contribution is 6.18. The Labute approximate surface area is 590 Å². The van der Waals surface area contributed by atoms with E-state index in [0.29, 0.717) is 0 Å². The Hall–Kier alpha value is -13.9. The number of anilines is 6. The van der Waals surface area contributed by atoms with Crippen molar-refractivity contribution in [3.8, 4) is 66.8 Å². The molecule has 7 nitrogen and oxygen atoms in total. The lowest BCUT2D eigenvalue weighted by molar-refractivity contribution is 0.669. The van der Waals surface area contributed by atoms with E-state index < -0.39 is 0 Å². The average molecular weight is 1320 g/mol. The highest BCUT2D eigenvalue weighted by atomic mass is 16.3. The van der Waals surface area contributed by atoms with Crippen LogP contribution in [0.2, 0.25) is 0 Å². The SMILES string of the molecule is c1ccc(N(c2ccc(-c3cccc4c3oc3ccccc34)cc2)c2ccc(-c3ccc(-c4ccc5c(c4)oc4c(-c6ccc(N(c7ccc(-c8cccc9c8oc8ccccc89)cc7)c7ccc(-c8cccc9c8oc8ccccc89)cc7)cc6)cccc45)c4c3oc3ccccc34)cc2)cc1. The van der Waals surface area contributed by atoms with Crippen LogP contribution in [0.3, 0.4) is 0 Å². The molecule has 482 valence electrons. The van der Waals surface area contributed by atoms with E-state index in [1.807, 2.05) is 42.5 Å². The van der Waals surface area contributed by atoms with Crippen molar-refractivity contribution in [2.45, 2.75) is 0 Å². The van der Waals surface area contributed by atoms with Crippen LogP contribution in [0.5, 0.6) is 0 Å². The van der Waals surface area contributed by atoms with Gasteiger partial charge in [0.15, 0.2) is 0 Å². The van der Waals surface area contributed by atoms with Gasteiger partial charge in [-0.25, -0.2) is 0 Å². The van der Waals surface area contributed by atoms with E-state index >= 15 is 0 Å². The van der Waals surface area contributed by atoms with Gasteiger partial charge >= 0.3 is 0 Å². The Morgan fingerprint density at radius 2 is 0.417 bits per heavy atom. The first-order valence-corrected chi connectivity index (χ1v) is 34.8. The number of benzene rings is 16. The number of para-hydroxylation sites is 9. The van der Waals surface area contributed by atoms with Crippen LogP contribution in [0, 0.1) is 0 Å². The van der Waals surface area contributed by atoms with Crippen molar-refractivity contribution in [1.82, 2.24) is 0 Å². The molecular formula is C96H58N2O5. The van der Waals surface area contributed by atoms with Crippen molar-refractivity contribution in [3.63, 3.8) is 0 Å². The summed E-state index contributed by atoms with van der Waals surface area (Å²) in [5.74, 6) is 0. The molecule has 0 aliphatic heterocycles. The summed E-state index contributed by atoms with van der Waals surface area (Å²) in [4.78, 5) is 4.62. The minimum absolute atomic E-state index is 0.810. The molecular weight excluding hydrogens is 1260 g/mol. The number of hydrogen-bond donors (Lipinski definition) is 0. The van der Waals surface area contributed by atoms with Crippen LogP contribution >= 0.6 is 0 Å². The third kappa shape index (κ3) is 9.51. The summed E-state index contributed by atoms with van der Waals surface area (Å²) in [6.45, 7) is 0. The van der Waals surface area contributed by atoms with E-state index in [4.69, 9.17) is 22.1 Å². The quantitative estimate of drug-likeness (QED) is 0.121. The lowest BCUT2D eigenvalue weighted by atomic mass is 9.94. The largest absolute Gasteiger partial charge is 0.455 e. The fourth-order valence-corrected chi connectivity index (χ4v) is 15.8. The first-order valence-electron chi connectivity index (χ1n) is 34.8. The van der Waals surface area contributed by atoms with Gasteiger partial charge in [0.2, 0.25) is 0 Å². The second-order valence-electron chi connectivity index (χ2n) is 26.5. The van der Waals surface area contributed by atoms with Crippen LogP contribution in [0.15, 0.2) is 374 Å². The fraction of sp³-hybridized carbons (Fsp3) is 0. The summed E-state index contributed by atoms with van der Waals surface area (Å²) >= 11 is 0. The predicted molar refractivity (Wildman–Crippen MR) is 425 cm³/mol. The first-order chi connectivity index (χ1) is 51.0. The lowest BCUT2D eigenvalue weighted by Crippen LogP contribution is -2.09. The van der Waals surface area contributed by atoms with E-state index in [2.05, 4.69) is 319 Å². The molecule has 0 bridgehead atoms. The Morgan fingerprint density at radius 3 is 0.796 bits per heavy atom. The second kappa shape index (κ2) is 23.4. The highest BCUT2D eigenvalue weighted by Crippen LogP contribution is 2.48. The van der Waals surface area contributed by atoms with Gasteiger partial charge in [0.1, 0.15) is 55.8 Å². The van der Waals surface area contributed by atoms with Crippen molar-refractivity contribution in [2.24, 2.45) is 0 Å². The summed E-state index contributed by atoms with van der Waals surface area (Å²) < 4.78 is 33.5. The highest BCUT2D eigenvalue weighted by Gasteiger charge is 2.24. The van der Waals surface area contributed by atoms with Crippen LogP contribution in [0.25, 0.3) is 176 Å². The summed E-state index contributed by atoms with van der Waals surface area (Å²) in [5.41, 5.74) is 27.4. The van der Waals surface area contributed by atoms with Crippen molar-refractivity contribution in [3.05, 3.63) is 352 Å². The molecule has 0 saturated heterocycles. The molecule has 0 aliphatic rings. The van der Waals surface area contributed by atoms with E-state index in [9.17, 15) is 0 Å². The molecule has 0 fully saturated rings. The standard InChI is InChI=1S/C96H58N2O5/c1-2-16-65(17-3-1)97(66-45-34-59(35-46-66)72-22-12-26-81-77-18-4-8-30-86(77)99-92(72)81)67-53-42-63(43-54-67)76-57-56-71(91-85-21-7-11-33-89(85)102-96(76)91)64-44-55-80-84-29-15-25-75(95(84)103-90(80)58-64)62-40-51-70(52-41-62)98(68-47-36-60(37-48-68)73-23-13-27-82-78-19-5-9-31-87(78)100-93(73)82)69-49-38-61(39-50-69)74-24-14-28-83-79-20-6-10-32-88(79)101-94(74)83/h1-58H. The Bertz CT molecular complexity index is 6740. The van der Waals surface area contributed by atoms with Crippen LogP contribution in [0.1, 0.15) is 0 Å². The molecule has 0 saturated carbocycles. The molecule has 0 amide bonds. The van der Waals surface area contributed by atoms with Crippen LogP contribution in [-0.2, 0) is 0 Å². The molecule has 0 atom stereocenters. The Kier molecular flexibility index (Phi) is 13.2. The number of furan rings is 5. The molecule has 21 rings (SSSR count). The van der Waals surface area contributed by atoms with Gasteiger partial charge in [-0.05, 0) is 154 Å². The van der Waals surface area contributed by atoms with E-state index in [-0.39, 0.29) is 0 Å². The third-order valence-electron chi connectivity index (χ3n) is 20.7. The maximum atomic E-state index is 7.06. The van der Waals surface area contributed by atoms with Gasteiger partial charge < -0.3 is 31.9 Å². The molecule has 5 aromatic heterocycles. The third-order valence-corrected chi connectivity index (χ3v) is 20.7. The molecule has 0 N–H and O–H groups in total. The van der Waals surface area contributed by atoms with Crippen molar-refractivity contribution in [2.75, 3.05) is 9.80 Å². The zero-order valence-corrected chi connectivity index (χ0v) is 55.4. The Balaban J connectivity index is 0.608. The zero-order valence-electron chi connectivity index (χ0n) is 55.4. The number of hydrogen-bond acceptors (Lipinski definition) is 7. The van der Waals surface area contributed by atoms with E-state index in [1.165, 1.54) is 0 Å². The second-order valence-corrected chi connectivity index (χ2v) is 26.5. The topological polar surface area (TPSA) is 72.2 Å². The fourth-order valence-electron chi connectivity index (χ4n) is 15.8. The summed E-state index contributed by atoms with van der Waals surface area (Å²) in [6, 6.07) is 124.